The summed E-state index contributed by atoms with van der Waals surface area (Å²) in [5.74, 6) is 1.84. The summed E-state index contributed by atoms with van der Waals surface area (Å²) in [5, 5.41) is 4.67. The van der Waals surface area contributed by atoms with E-state index in [-0.39, 0.29) is 0 Å². The predicted octanol–water partition coefficient (Wildman–Crippen LogP) is 2.19. The lowest BCUT2D eigenvalue weighted by molar-refractivity contribution is 0.435. The highest BCUT2D eigenvalue weighted by atomic mass is 79.9. The number of nitrogens with two attached hydrogens (primary N) is 1. The number of anilines is 1. The van der Waals surface area contributed by atoms with Gasteiger partial charge in [0.1, 0.15) is 10.4 Å². The number of halogens is 1. The molecule has 102 valence electrons. The van der Waals surface area contributed by atoms with Crippen LogP contribution in [-0.2, 0) is 6.54 Å². The number of aromatic nitrogens is 3. The van der Waals surface area contributed by atoms with Gasteiger partial charge in [-0.2, -0.15) is 0 Å². The molecule has 0 saturated carbocycles. The fourth-order valence-electron chi connectivity index (χ4n) is 2.48. The number of hydrogen-bond donors (Lipinski definition) is 1. The van der Waals surface area contributed by atoms with E-state index in [1.165, 1.54) is 12.8 Å². The first-order valence-electron chi connectivity index (χ1n) is 6.68. The number of piperidine rings is 1. The summed E-state index contributed by atoms with van der Waals surface area (Å²) in [6, 6.07) is 4.05. The molecule has 6 heteroatoms. The quantitative estimate of drug-likeness (QED) is 0.920. The average Bonchev–Trinajstić information content (AvgIpc) is 2.76. The molecule has 1 aliphatic heterocycles. The summed E-state index contributed by atoms with van der Waals surface area (Å²) >= 11 is 3.52. The van der Waals surface area contributed by atoms with Crippen LogP contribution in [0.4, 0.5) is 5.82 Å². The van der Waals surface area contributed by atoms with Crippen molar-refractivity contribution >= 4 is 27.4 Å². The lowest BCUT2D eigenvalue weighted by Gasteiger charge is -2.30. The molecule has 3 heterocycles. The zero-order chi connectivity index (χ0) is 13.4. The lowest BCUT2D eigenvalue weighted by Crippen LogP contribution is -2.33. The highest BCUT2D eigenvalue weighted by molar-refractivity contribution is 9.10. The van der Waals surface area contributed by atoms with Crippen LogP contribution in [-0.4, -0.2) is 27.7 Å². The first-order valence-corrected chi connectivity index (χ1v) is 7.47. The van der Waals surface area contributed by atoms with E-state index in [0.717, 1.165) is 40.8 Å². The molecule has 0 aliphatic carbocycles. The molecule has 5 nitrogen and oxygen atoms in total. The van der Waals surface area contributed by atoms with E-state index in [1.807, 2.05) is 16.6 Å². The Morgan fingerprint density at radius 3 is 2.79 bits per heavy atom. The van der Waals surface area contributed by atoms with E-state index in [0.29, 0.717) is 6.54 Å². The smallest absolute Gasteiger partial charge is 0.155 e. The van der Waals surface area contributed by atoms with Crippen LogP contribution in [0, 0.1) is 5.92 Å². The van der Waals surface area contributed by atoms with E-state index < -0.39 is 0 Å². The van der Waals surface area contributed by atoms with Crippen molar-refractivity contribution in [2.24, 2.45) is 11.7 Å². The van der Waals surface area contributed by atoms with E-state index in [2.05, 4.69) is 37.8 Å². The summed E-state index contributed by atoms with van der Waals surface area (Å²) in [7, 11) is 0. The third kappa shape index (κ3) is 2.34. The van der Waals surface area contributed by atoms with Crippen LogP contribution in [0.1, 0.15) is 25.5 Å². The first-order chi connectivity index (χ1) is 9.19. The van der Waals surface area contributed by atoms with Crippen LogP contribution in [0.15, 0.2) is 16.7 Å². The summed E-state index contributed by atoms with van der Waals surface area (Å²) in [5.41, 5.74) is 7.35. The molecule has 0 spiro atoms. The van der Waals surface area contributed by atoms with Gasteiger partial charge in [0.05, 0.1) is 5.69 Å². The Hall–Kier alpha value is -1.14. The Morgan fingerprint density at radius 2 is 2.11 bits per heavy atom. The van der Waals surface area contributed by atoms with Crippen molar-refractivity contribution in [2.45, 2.75) is 26.3 Å². The fraction of sp³-hybridized carbons (Fsp3) is 0.538. The van der Waals surface area contributed by atoms with Crippen LogP contribution in [0.2, 0.25) is 0 Å². The SMILES string of the molecule is CC1CCN(c2ccc3nc(CN)c(Br)n3n2)CC1. The van der Waals surface area contributed by atoms with Crippen molar-refractivity contribution in [3.63, 3.8) is 0 Å². The molecule has 3 rings (SSSR count). The van der Waals surface area contributed by atoms with Crippen LogP contribution in [0.25, 0.3) is 5.65 Å². The van der Waals surface area contributed by atoms with Crippen LogP contribution in [0.5, 0.6) is 0 Å². The molecular formula is C13H18BrN5. The molecule has 1 aliphatic rings. The van der Waals surface area contributed by atoms with Gasteiger partial charge in [0.2, 0.25) is 0 Å². The molecule has 0 radical (unpaired) electrons. The van der Waals surface area contributed by atoms with Crippen LogP contribution < -0.4 is 10.6 Å². The van der Waals surface area contributed by atoms with Gasteiger partial charge in [-0.25, -0.2) is 9.50 Å². The van der Waals surface area contributed by atoms with E-state index in [4.69, 9.17) is 5.73 Å². The second-order valence-corrected chi connectivity index (χ2v) is 5.94. The molecule has 19 heavy (non-hydrogen) atoms. The van der Waals surface area contributed by atoms with Gasteiger partial charge >= 0.3 is 0 Å². The average molecular weight is 324 g/mol. The molecule has 1 saturated heterocycles. The Kier molecular flexibility index (Phi) is 3.45. The fourth-order valence-corrected chi connectivity index (χ4v) is 2.99. The Labute approximate surface area is 120 Å². The van der Waals surface area contributed by atoms with Crippen molar-refractivity contribution in [2.75, 3.05) is 18.0 Å². The molecule has 0 bridgehead atoms. The van der Waals surface area contributed by atoms with Crippen LogP contribution >= 0.6 is 15.9 Å². The molecule has 2 aromatic rings. The minimum atomic E-state index is 0.417. The van der Waals surface area contributed by atoms with Gasteiger partial charge < -0.3 is 10.6 Å². The monoisotopic (exact) mass is 323 g/mol. The summed E-state index contributed by atoms with van der Waals surface area (Å²) in [6.45, 7) is 4.89. The maximum atomic E-state index is 5.67. The lowest BCUT2D eigenvalue weighted by atomic mass is 9.99. The highest BCUT2D eigenvalue weighted by Crippen LogP contribution is 2.23. The Morgan fingerprint density at radius 1 is 1.37 bits per heavy atom. The standard InChI is InChI=1S/C13H18BrN5/c1-9-4-6-18(7-5-9)12-3-2-11-16-10(8-15)13(14)19(11)17-12/h2-3,9H,4-8,15H2,1H3. The number of nitrogens with zero attached hydrogens (tertiary/aromatic N) is 4. The van der Waals surface area contributed by atoms with Crippen molar-refractivity contribution in [3.8, 4) is 0 Å². The number of hydrogen-bond acceptors (Lipinski definition) is 4. The number of fused-ring (bicyclic) bond motifs is 1. The van der Waals surface area contributed by atoms with Gasteiger partial charge in [0, 0.05) is 19.6 Å². The molecule has 0 unspecified atom stereocenters. The molecule has 0 atom stereocenters. The van der Waals surface area contributed by atoms with Crippen LogP contribution in [0.3, 0.4) is 0 Å². The van der Waals surface area contributed by atoms with Crippen molar-refractivity contribution in [1.29, 1.82) is 0 Å². The van der Waals surface area contributed by atoms with Crippen molar-refractivity contribution in [1.82, 2.24) is 14.6 Å². The molecule has 2 aromatic heterocycles. The minimum Gasteiger partial charge on any atom is -0.355 e. The Balaban J connectivity index is 1.95. The Bertz CT molecular complexity index is 586. The van der Waals surface area contributed by atoms with Gasteiger partial charge in [-0.1, -0.05) is 6.92 Å². The highest BCUT2D eigenvalue weighted by Gasteiger charge is 2.18. The van der Waals surface area contributed by atoms with Gasteiger partial charge in [-0.3, -0.25) is 0 Å². The van der Waals surface area contributed by atoms with E-state index >= 15 is 0 Å². The molecule has 0 aromatic carbocycles. The third-order valence-electron chi connectivity index (χ3n) is 3.78. The second-order valence-electron chi connectivity index (χ2n) is 5.18. The minimum absolute atomic E-state index is 0.417. The molecular weight excluding hydrogens is 306 g/mol. The number of imidazole rings is 1. The topological polar surface area (TPSA) is 59.5 Å². The maximum Gasteiger partial charge on any atom is 0.155 e. The normalized spacial score (nSPS) is 17.3. The van der Waals surface area contributed by atoms with Gasteiger partial charge in [0.15, 0.2) is 5.65 Å². The summed E-state index contributed by atoms with van der Waals surface area (Å²) in [4.78, 5) is 6.78. The maximum absolute atomic E-state index is 5.67. The molecule has 1 fully saturated rings. The van der Waals surface area contributed by atoms with E-state index in [1.54, 1.807) is 0 Å². The van der Waals surface area contributed by atoms with Gasteiger partial charge in [-0.15, -0.1) is 5.10 Å². The second kappa shape index (κ2) is 5.09. The summed E-state index contributed by atoms with van der Waals surface area (Å²) < 4.78 is 2.69. The van der Waals surface area contributed by atoms with E-state index in [9.17, 15) is 0 Å². The number of rotatable bonds is 2. The third-order valence-corrected chi connectivity index (χ3v) is 4.57. The van der Waals surface area contributed by atoms with Crippen molar-refractivity contribution < 1.29 is 0 Å². The zero-order valence-corrected chi connectivity index (χ0v) is 12.6. The molecule has 2 N–H and O–H groups in total. The van der Waals surface area contributed by atoms with Crippen molar-refractivity contribution in [3.05, 3.63) is 22.4 Å². The summed E-state index contributed by atoms with van der Waals surface area (Å²) in [6.07, 6.45) is 2.47. The predicted molar refractivity (Wildman–Crippen MR) is 79.2 cm³/mol. The largest absolute Gasteiger partial charge is 0.355 e. The zero-order valence-electron chi connectivity index (χ0n) is 11.0. The molecule has 0 amide bonds. The van der Waals surface area contributed by atoms with Gasteiger partial charge in [-0.05, 0) is 46.8 Å². The van der Waals surface area contributed by atoms with Gasteiger partial charge in [0.25, 0.3) is 0 Å². The first kappa shape index (κ1) is 12.9.